The zero-order valence-corrected chi connectivity index (χ0v) is 33.9. The number of nitrogens with zero attached hydrogens (tertiary/aromatic N) is 1. The number of rotatable bonds is 25. The number of carbonyl (C=O) groups excluding carboxylic acids is 7. The van der Waals surface area contributed by atoms with E-state index in [1.807, 2.05) is 0 Å². The highest BCUT2D eigenvalue weighted by Crippen LogP contribution is 2.21. The van der Waals surface area contributed by atoms with Crippen LogP contribution in [0.2, 0.25) is 0 Å². The third kappa shape index (κ3) is 14.9. The Balaban J connectivity index is 1.66. The van der Waals surface area contributed by atoms with Gasteiger partial charge in [0, 0.05) is 36.5 Å². The maximum absolute atomic E-state index is 13.5. The van der Waals surface area contributed by atoms with Gasteiger partial charge in [0.2, 0.25) is 41.4 Å². The van der Waals surface area contributed by atoms with E-state index >= 15 is 0 Å². The number of nitrogens with one attached hydrogen (secondary N) is 6. The van der Waals surface area contributed by atoms with Crippen LogP contribution in [0.1, 0.15) is 77.2 Å². The molecule has 0 radical (unpaired) electrons. The molecule has 1 saturated heterocycles. The van der Waals surface area contributed by atoms with E-state index < -0.39 is 103 Å². The van der Waals surface area contributed by atoms with E-state index in [4.69, 9.17) is 17.2 Å². The average molecular weight is 843 g/mol. The van der Waals surface area contributed by atoms with Gasteiger partial charge in [-0.05, 0) is 69.0 Å². The van der Waals surface area contributed by atoms with Crippen LogP contribution in [0, 0.1) is 5.92 Å². The highest BCUT2D eigenvalue weighted by molar-refractivity contribution is 5.97. The largest absolute Gasteiger partial charge is 0.481 e. The Morgan fingerprint density at radius 1 is 0.867 bits per heavy atom. The van der Waals surface area contributed by atoms with Crippen molar-refractivity contribution < 1.29 is 53.4 Å². The third-order valence-corrected chi connectivity index (χ3v) is 9.94. The van der Waals surface area contributed by atoms with Gasteiger partial charge in [-0.2, -0.15) is 0 Å². The Kier molecular flexibility index (Phi) is 18.9. The van der Waals surface area contributed by atoms with Gasteiger partial charge in [0.25, 0.3) is 0 Å². The van der Waals surface area contributed by atoms with Crippen LogP contribution in [-0.4, -0.2) is 129 Å². The molecule has 1 aliphatic rings. The Morgan fingerprint density at radius 3 is 2.20 bits per heavy atom. The molecular formula is C39H58N10O11. The number of carboxylic acid groups (broad SMARTS) is 2. The molecule has 0 bridgehead atoms. The number of carboxylic acids is 2. The first-order chi connectivity index (χ1) is 28.4. The number of primary amides is 1. The zero-order valence-electron chi connectivity index (χ0n) is 33.9. The predicted octanol–water partition coefficient (Wildman–Crippen LogP) is -1.92. The van der Waals surface area contributed by atoms with E-state index in [0.29, 0.717) is 37.8 Å². The number of hydrogen-bond donors (Lipinski definition) is 11. The topological polar surface area (TPSA) is 351 Å². The van der Waals surface area contributed by atoms with Crippen molar-refractivity contribution in [3.05, 3.63) is 36.0 Å². The first kappa shape index (κ1) is 48.3. The molecule has 7 amide bonds. The van der Waals surface area contributed by atoms with Crippen LogP contribution >= 0.6 is 0 Å². The number of aliphatic carboxylic acids is 2. The van der Waals surface area contributed by atoms with Crippen molar-refractivity contribution in [3.8, 4) is 0 Å². The van der Waals surface area contributed by atoms with Crippen molar-refractivity contribution in [1.29, 1.82) is 0 Å². The fourth-order valence-corrected chi connectivity index (χ4v) is 6.85. The fourth-order valence-electron chi connectivity index (χ4n) is 6.85. The Morgan fingerprint density at radius 2 is 1.55 bits per heavy atom. The third-order valence-electron chi connectivity index (χ3n) is 9.94. The van der Waals surface area contributed by atoms with Crippen molar-refractivity contribution >= 4 is 64.2 Å². The molecule has 1 fully saturated rings. The molecule has 0 saturated carbocycles. The molecule has 1 aliphatic heterocycles. The number of aromatic amines is 1. The van der Waals surface area contributed by atoms with Crippen molar-refractivity contribution in [2.75, 3.05) is 19.6 Å². The van der Waals surface area contributed by atoms with E-state index in [9.17, 15) is 53.4 Å². The first-order valence-electron chi connectivity index (χ1n) is 19.9. The lowest BCUT2D eigenvalue weighted by Gasteiger charge is -2.28. The average Bonchev–Trinajstić information content (AvgIpc) is 3.85. The molecule has 21 heteroatoms. The Bertz CT molecular complexity index is 1870. The number of nitrogens with two attached hydrogens (primary N) is 3. The van der Waals surface area contributed by atoms with Gasteiger partial charge in [0.15, 0.2) is 0 Å². The van der Waals surface area contributed by atoms with Crippen LogP contribution in [-0.2, 0) is 49.6 Å². The lowest BCUT2D eigenvalue weighted by atomic mass is 10.0. The second-order valence-corrected chi connectivity index (χ2v) is 15.2. The molecule has 6 atom stereocenters. The quantitative estimate of drug-likeness (QED) is 0.0487. The molecule has 60 heavy (non-hydrogen) atoms. The number of amides is 7. The summed E-state index contributed by atoms with van der Waals surface area (Å²) in [5.41, 5.74) is 18.1. The van der Waals surface area contributed by atoms with Crippen LogP contribution in [0.3, 0.4) is 0 Å². The van der Waals surface area contributed by atoms with Crippen LogP contribution < -0.4 is 43.8 Å². The molecule has 0 aliphatic carbocycles. The normalized spacial score (nSPS) is 16.2. The summed E-state index contributed by atoms with van der Waals surface area (Å²) in [6, 6.07) is -0.503. The number of benzene rings is 1. The van der Waals surface area contributed by atoms with Crippen molar-refractivity contribution in [2.24, 2.45) is 23.1 Å². The number of hydrogen-bond acceptors (Lipinski definition) is 11. The minimum atomic E-state index is -1.72. The highest BCUT2D eigenvalue weighted by Gasteiger charge is 2.38. The first-order valence-corrected chi connectivity index (χ1v) is 19.9. The van der Waals surface area contributed by atoms with Gasteiger partial charge in [-0.1, -0.05) is 32.0 Å². The molecule has 21 nitrogen and oxygen atoms in total. The molecule has 0 spiro atoms. The number of carbonyl (C=O) groups is 9. The summed E-state index contributed by atoms with van der Waals surface area (Å²) in [4.78, 5) is 119. The molecule has 14 N–H and O–H groups in total. The SMILES string of the molecule is CC(C)C[C@H](NC(=O)CNC(=O)[C@H](CCCCN)NC(=O)[C@@H]1CCCN1C(=O)[C@@H](N)CCC(N)=O)C(=O)N[C@@H](CC(=O)O)C(=O)N[C@@H](Cc1c[nH]c2ccccc12)C(=O)O. The van der Waals surface area contributed by atoms with Gasteiger partial charge < -0.3 is 63.9 Å². The summed E-state index contributed by atoms with van der Waals surface area (Å²) in [6.07, 6.45) is 2.38. The van der Waals surface area contributed by atoms with E-state index in [1.165, 1.54) is 4.90 Å². The van der Waals surface area contributed by atoms with Crippen LogP contribution in [0.5, 0.6) is 0 Å². The monoisotopic (exact) mass is 842 g/mol. The van der Waals surface area contributed by atoms with Gasteiger partial charge in [0.05, 0.1) is 19.0 Å². The van der Waals surface area contributed by atoms with E-state index in [1.54, 1.807) is 44.3 Å². The second-order valence-electron chi connectivity index (χ2n) is 15.2. The molecular weight excluding hydrogens is 784 g/mol. The minimum absolute atomic E-state index is 0.00342. The Hall–Kier alpha value is -6.09. The van der Waals surface area contributed by atoms with Gasteiger partial charge >= 0.3 is 11.9 Å². The van der Waals surface area contributed by atoms with Crippen molar-refractivity contribution in [3.63, 3.8) is 0 Å². The molecule has 1 aromatic heterocycles. The summed E-state index contributed by atoms with van der Waals surface area (Å²) in [7, 11) is 0. The number of aromatic nitrogens is 1. The maximum atomic E-state index is 13.5. The van der Waals surface area contributed by atoms with E-state index in [2.05, 4.69) is 31.6 Å². The summed E-state index contributed by atoms with van der Waals surface area (Å²) >= 11 is 0. The summed E-state index contributed by atoms with van der Waals surface area (Å²) in [5.74, 6) is -8.36. The number of unbranched alkanes of at least 4 members (excludes halogenated alkanes) is 1. The smallest absolute Gasteiger partial charge is 0.326 e. The minimum Gasteiger partial charge on any atom is -0.481 e. The summed E-state index contributed by atoms with van der Waals surface area (Å²) < 4.78 is 0. The molecule has 2 heterocycles. The molecule has 3 rings (SSSR count). The summed E-state index contributed by atoms with van der Waals surface area (Å²) in [6.45, 7) is 3.42. The van der Waals surface area contributed by atoms with Crippen LogP contribution in [0.15, 0.2) is 30.5 Å². The van der Waals surface area contributed by atoms with Gasteiger partial charge in [-0.3, -0.25) is 38.4 Å². The van der Waals surface area contributed by atoms with Gasteiger partial charge in [0.1, 0.15) is 30.2 Å². The van der Waals surface area contributed by atoms with E-state index in [0.717, 1.165) is 10.9 Å². The van der Waals surface area contributed by atoms with Gasteiger partial charge in [-0.15, -0.1) is 0 Å². The van der Waals surface area contributed by atoms with Crippen LogP contribution in [0.25, 0.3) is 10.9 Å². The second kappa shape index (κ2) is 23.5. The predicted molar refractivity (Wildman–Crippen MR) is 216 cm³/mol. The summed E-state index contributed by atoms with van der Waals surface area (Å²) in [5, 5.41) is 32.5. The molecule has 330 valence electrons. The van der Waals surface area contributed by atoms with Crippen molar-refractivity contribution in [2.45, 2.75) is 114 Å². The number of H-pyrrole nitrogens is 1. The number of likely N-dealkylation sites (tertiary alicyclic amines) is 1. The van der Waals surface area contributed by atoms with Crippen LogP contribution in [0.4, 0.5) is 0 Å². The lowest BCUT2D eigenvalue weighted by Crippen LogP contribution is -2.58. The molecule has 1 aromatic carbocycles. The number of para-hydroxylation sites is 1. The van der Waals surface area contributed by atoms with Gasteiger partial charge in [-0.25, -0.2) is 4.79 Å². The lowest BCUT2D eigenvalue weighted by molar-refractivity contribution is -0.143. The molecule has 2 aromatic rings. The molecule has 0 unspecified atom stereocenters. The highest BCUT2D eigenvalue weighted by atomic mass is 16.4. The standard InChI is InChI=1S/C39H58N10O11/c1-21(2)16-27(35(55)47-28(18-33(52)53)36(56)48-29(39(59)60)17-22-19-43-25-9-4-3-8-23(22)25)45-32(51)20-44-34(54)26(10-5-6-14-40)46-37(57)30-11-7-15-49(30)38(58)24(41)12-13-31(42)50/h3-4,8-9,19,21,24,26-30,43H,5-7,10-18,20,40-41H2,1-2H3,(H2,42,50)(H,44,54)(H,45,51)(H,46,57)(H,47,55)(H,48,56)(H,52,53)(H,59,60)/t24-,26-,27-,28-,29-,30-/m0/s1. The number of fused-ring (bicyclic) bond motifs is 1. The van der Waals surface area contributed by atoms with Crippen molar-refractivity contribution in [1.82, 2.24) is 36.5 Å². The maximum Gasteiger partial charge on any atom is 0.326 e. The zero-order chi connectivity index (χ0) is 44.5. The Labute approximate surface area is 346 Å². The fraction of sp³-hybridized carbons (Fsp3) is 0.564. The van der Waals surface area contributed by atoms with E-state index in [-0.39, 0.29) is 44.6 Å².